The van der Waals surface area contributed by atoms with Crippen LogP contribution in [-0.4, -0.2) is 14.2 Å². The van der Waals surface area contributed by atoms with Gasteiger partial charge >= 0.3 is 0 Å². The van der Waals surface area contributed by atoms with Crippen LogP contribution in [0.1, 0.15) is 90.0 Å². The van der Waals surface area contributed by atoms with E-state index in [1.807, 2.05) is 12.1 Å². The highest BCUT2D eigenvalue weighted by molar-refractivity contribution is 7.96. The van der Waals surface area contributed by atoms with Gasteiger partial charge in [0.15, 0.2) is 5.78 Å². The number of anilines is 1. The van der Waals surface area contributed by atoms with E-state index in [1.165, 1.54) is 25.7 Å². The van der Waals surface area contributed by atoms with Gasteiger partial charge < -0.3 is 0 Å². The molecule has 0 aliphatic heterocycles. The molecule has 0 fully saturated rings. The predicted molar refractivity (Wildman–Crippen MR) is 135 cm³/mol. The molecule has 0 spiro atoms. The Hall–Kier alpha value is -1.88. The Morgan fingerprint density at radius 3 is 2.31 bits per heavy atom. The number of hydrogen-bond donors (Lipinski definition) is 1. The molecular weight excluding hydrogens is 418 g/mol. The number of allylic oxidation sites excluding steroid dienone is 3. The van der Waals surface area contributed by atoms with Crippen molar-refractivity contribution in [2.45, 2.75) is 90.9 Å². The molecule has 0 amide bonds. The summed E-state index contributed by atoms with van der Waals surface area (Å²) in [6, 6.07) is 7.38. The second-order valence-corrected chi connectivity index (χ2v) is 10.4. The number of carbonyl (C=O) groups is 1. The normalized spacial score (nSPS) is 15.3. The van der Waals surface area contributed by atoms with E-state index in [4.69, 9.17) is 0 Å². The molecule has 1 unspecified atom stereocenters. The van der Waals surface area contributed by atoms with Crippen molar-refractivity contribution in [2.75, 3.05) is 4.72 Å². The summed E-state index contributed by atoms with van der Waals surface area (Å²) in [5.74, 6) is -0.0577. The zero-order valence-corrected chi connectivity index (χ0v) is 20.7. The quantitative estimate of drug-likeness (QED) is 0.284. The van der Waals surface area contributed by atoms with Crippen LogP contribution in [0.5, 0.6) is 0 Å². The third kappa shape index (κ3) is 7.91. The van der Waals surface area contributed by atoms with Crippen molar-refractivity contribution in [1.82, 2.24) is 0 Å². The van der Waals surface area contributed by atoms with E-state index in [9.17, 15) is 13.2 Å². The second-order valence-electron chi connectivity index (χ2n) is 8.76. The SMILES string of the molecule is [CH2]CCc1ccc(NS(=O)(=O)C2=C(C(CCC)CCCCCCCC)C(=O)CC=C2)cc1. The van der Waals surface area contributed by atoms with Crippen LogP contribution in [0.4, 0.5) is 5.69 Å². The summed E-state index contributed by atoms with van der Waals surface area (Å²) in [6.07, 6.45) is 15.0. The van der Waals surface area contributed by atoms with Crippen molar-refractivity contribution in [3.8, 4) is 0 Å². The summed E-state index contributed by atoms with van der Waals surface area (Å²) in [5, 5.41) is 0. The number of unbranched alkanes of at least 4 members (excludes halogenated alkanes) is 5. The van der Waals surface area contributed by atoms with Crippen LogP contribution in [0.2, 0.25) is 0 Å². The first-order valence-electron chi connectivity index (χ1n) is 12.3. The lowest BCUT2D eigenvalue weighted by Gasteiger charge is -2.24. The van der Waals surface area contributed by atoms with Crippen LogP contribution in [-0.2, 0) is 21.2 Å². The molecule has 177 valence electrons. The highest BCUT2D eigenvalue weighted by Gasteiger charge is 2.31. The Kier molecular flexibility index (Phi) is 11.2. The summed E-state index contributed by atoms with van der Waals surface area (Å²) < 4.78 is 29.3. The molecule has 0 bridgehead atoms. The first-order valence-corrected chi connectivity index (χ1v) is 13.8. The lowest BCUT2D eigenvalue weighted by Crippen LogP contribution is -2.24. The number of carbonyl (C=O) groups excluding carboxylic acids is 1. The molecule has 1 atom stereocenters. The third-order valence-corrected chi connectivity index (χ3v) is 7.49. The van der Waals surface area contributed by atoms with Gasteiger partial charge in [0, 0.05) is 17.7 Å². The minimum Gasteiger partial charge on any atom is -0.294 e. The van der Waals surface area contributed by atoms with Crippen molar-refractivity contribution in [3.63, 3.8) is 0 Å². The van der Waals surface area contributed by atoms with E-state index >= 15 is 0 Å². The number of sulfonamides is 1. The van der Waals surface area contributed by atoms with Crippen molar-refractivity contribution in [2.24, 2.45) is 5.92 Å². The molecule has 1 aliphatic rings. The highest BCUT2D eigenvalue weighted by Crippen LogP contribution is 2.33. The maximum absolute atomic E-state index is 13.3. The lowest BCUT2D eigenvalue weighted by atomic mass is 9.84. The number of aryl methyl sites for hydroxylation is 1. The molecule has 32 heavy (non-hydrogen) atoms. The number of nitrogens with one attached hydrogen (secondary N) is 1. The Morgan fingerprint density at radius 2 is 1.66 bits per heavy atom. The molecule has 0 saturated heterocycles. The average Bonchev–Trinajstić information content (AvgIpc) is 2.77. The van der Waals surface area contributed by atoms with Crippen molar-refractivity contribution in [3.05, 3.63) is 59.4 Å². The molecule has 0 saturated carbocycles. The van der Waals surface area contributed by atoms with E-state index in [0.29, 0.717) is 11.3 Å². The van der Waals surface area contributed by atoms with Gasteiger partial charge in [0.1, 0.15) is 0 Å². The number of Topliss-reactive ketones (excluding diaryl/α,β-unsaturated/α-hetero) is 1. The fraction of sp³-hybridized carbons (Fsp3) is 0.556. The number of hydrogen-bond acceptors (Lipinski definition) is 3. The van der Waals surface area contributed by atoms with Gasteiger partial charge in [-0.05, 0) is 55.4 Å². The first-order chi connectivity index (χ1) is 15.4. The molecule has 4 nitrogen and oxygen atoms in total. The molecule has 5 heteroatoms. The van der Waals surface area contributed by atoms with E-state index in [-0.39, 0.29) is 23.0 Å². The van der Waals surface area contributed by atoms with Gasteiger partial charge in [-0.2, -0.15) is 0 Å². The fourth-order valence-electron chi connectivity index (χ4n) is 4.38. The average molecular weight is 459 g/mol. The van der Waals surface area contributed by atoms with E-state index < -0.39 is 10.0 Å². The summed E-state index contributed by atoms with van der Waals surface area (Å²) in [4.78, 5) is 13.1. The standard InChI is InChI=1S/C27H40NO3S/c1-4-7-8-9-10-11-15-23(14-6-3)27-25(29)16-12-17-26(27)32(30,31)28-24-20-18-22(13-5-2)19-21-24/h12,17-21,23,28H,2,4-11,13-16H2,1,3H3. The Balaban J connectivity index is 2.22. The van der Waals surface area contributed by atoms with Gasteiger partial charge in [-0.3, -0.25) is 9.52 Å². The molecule has 1 N–H and O–H groups in total. The van der Waals surface area contributed by atoms with Crippen LogP contribution in [0, 0.1) is 12.8 Å². The minimum atomic E-state index is -3.84. The Bertz CT molecular complexity index is 882. The van der Waals surface area contributed by atoms with Crippen LogP contribution in [0.25, 0.3) is 0 Å². The van der Waals surface area contributed by atoms with Crippen molar-refractivity contribution < 1.29 is 13.2 Å². The van der Waals surface area contributed by atoms with Gasteiger partial charge in [0.25, 0.3) is 10.0 Å². The maximum Gasteiger partial charge on any atom is 0.262 e. The summed E-state index contributed by atoms with van der Waals surface area (Å²) >= 11 is 0. The minimum absolute atomic E-state index is 0.00497. The largest absolute Gasteiger partial charge is 0.294 e. The summed E-state index contributed by atoms with van der Waals surface area (Å²) in [6.45, 7) is 8.16. The number of benzene rings is 1. The van der Waals surface area contributed by atoms with Gasteiger partial charge in [-0.15, -0.1) is 0 Å². The zero-order chi connectivity index (χ0) is 23.4. The molecular formula is C27H40NO3S. The zero-order valence-electron chi connectivity index (χ0n) is 19.9. The molecule has 1 aromatic carbocycles. The highest BCUT2D eigenvalue weighted by atomic mass is 32.2. The topological polar surface area (TPSA) is 63.2 Å². The number of ketones is 1. The molecule has 0 heterocycles. The van der Waals surface area contributed by atoms with Crippen LogP contribution >= 0.6 is 0 Å². The second kappa shape index (κ2) is 13.6. The molecule has 2 rings (SSSR count). The summed E-state index contributed by atoms with van der Waals surface area (Å²) in [5.41, 5.74) is 2.14. The molecule has 1 radical (unpaired) electrons. The third-order valence-electron chi connectivity index (χ3n) is 6.05. The Labute approximate surface area is 195 Å². The van der Waals surface area contributed by atoms with E-state index in [1.54, 1.807) is 24.3 Å². The molecule has 1 aromatic rings. The van der Waals surface area contributed by atoms with Crippen LogP contribution in [0.15, 0.2) is 46.9 Å². The first kappa shape index (κ1) is 26.4. The van der Waals surface area contributed by atoms with Crippen molar-refractivity contribution >= 4 is 21.5 Å². The molecule has 1 aliphatic carbocycles. The Morgan fingerprint density at radius 1 is 0.969 bits per heavy atom. The van der Waals surface area contributed by atoms with Crippen LogP contribution in [0.3, 0.4) is 0 Å². The van der Waals surface area contributed by atoms with Gasteiger partial charge in [0.2, 0.25) is 0 Å². The van der Waals surface area contributed by atoms with Gasteiger partial charge in [0.05, 0.1) is 4.91 Å². The fourth-order valence-corrected chi connectivity index (χ4v) is 5.78. The van der Waals surface area contributed by atoms with E-state index in [0.717, 1.165) is 50.5 Å². The predicted octanol–water partition coefficient (Wildman–Crippen LogP) is 7.14. The van der Waals surface area contributed by atoms with Crippen molar-refractivity contribution in [1.29, 1.82) is 0 Å². The van der Waals surface area contributed by atoms with Gasteiger partial charge in [-0.25, -0.2) is 8.42 Å². The van der Waals surface area contributed by atoms with Crippen LogP contribution < -0.4 is 4.72 Å². The van der Waals surface area contributed by atoms with Gasteiger partial charge in [-0.1, -0.05) is 83.9 Å². The monoisotopic (exact) mass is 458 g/mol. The molecule has 0 aromatic heterocycles. The maximum atomic E-state index is 13.3. The van der Waals surface area contributed by atoms with E-state index in [2.05, 4.69) is 25.5 Å². The number of rotatable bonds is 15. The lowest BCUT2D eigenvalue weighted by molar-refractivity contribution is -0.115. The smallest absolute Gasteiger partial charge is 0.262 e. The summed E-state index contributed by atoms with van der Waals surface area (Å²) in [7, 11) is -3.84.